The topological polar surface area (TPSA) is 239 Å². The fraction of sp³-hybridized carbons (Fsp3) is 0.292. The molecule has 0 saturated carbocycles. The Kier molecular flexibility index (Phi) is 46.1. The first kappa shape index (κ1) is 107. The van der Waals surface area contributed by atoms with Gasteiger partial charge < -0.3 is 75.4 Å². The molecule has 0 aliphatic carbocycles. The van der Waals surface area contributed by atoms with Crippen molar-refractivity contribution < 1.29 is 52.8 Å². The van der Waals surface area contributed by atoms with Gasteiger partial charge >= 0.3 is 17.9 Å². The molecule has 3 atom stereocenters. The number of amides is 2. The quantitative estimate of drug-likeness (QED) is 0.00970. The Bertz CT molecular complexity index is 5840. The summed E-state index contributed by atoms with van der Waals surface area (Å²) in [4.78, 5) is 66.8. The van der Waals surface area contributed by atoms with Crippen molar-refractivity contribution in [3.63, 3.8) is 0 Å². The SMILES string of the molecule is C=CC(=O)OC.CC1CCCCN1C(=O)CCNc1cccc(-c2ccccc2)c1.CC1CCCCN1CCCNc1cccc(-c2ccccc2)c1.COC(=O)CCNc1cccc(-c2ccccc2)c1.COc1cc(C(=O)N(CCCN2CCCCC2C)c2cccc(-c3ccccc3)c2)cc(OC)c1OC.Nc1cccc(-c2ccccc2)c1.O=C(O)CCNc1cccc(-c2ccccc2)c1. The third kappa shape index (κ3) is 36.3. The minimum absolute atomic E-state index is 0.101. The largest absolute Gasteiger partial charge is 0.493 e. The third-order valence-electron chi connectivity index (χ3n) is 24.7. The van der Waals surface area contributed by atoms with Gasteiger partial charge in [-0.05, 0) is 243 Å². The van der Waals surface area contributed by atoms with Gasteiger partial charge in [0, 0.05) is 123 Å². The molecule has 0 spiro atoms. The average molecular weight is 1890 g/mol. The van der Waals surface area contributed by atoms with Crippen molar-refractivity contribution >= 4 is 63.8 Å². The van der Waals surface area contributed by atoms with Gasteiger partial charge in [0.15, 0.2) is 11.5 Å². The van der Waals surface area contributed by atoms with Crippen LogP contribution in [-0.2, 0) is 28.7 Å². The molecule has 0 aromatic heterocycles. The average Bonchev–Trinajstić information content (AvgIpc) is 0.794. The van der Waals surface area contributed by atoms with Crippen LogP contribution in [-0.4, -0.2) is 169 Å². The first-order chi connectivity index (χ1) is 68.3. The fourth-order valence-electron chi connectivity index (χ4n) is 17.0. The van der Waals surface area contributed by atoms with Crippen LogP contribution in [0.4, 0.5) is 34.1 Å². The molecule has 3 saturated heterocycles. The number of anilines is 6. The van der Waals surface area contributed by atoms with Gasteiger partial charge in [-0.15, -0.1) is 0 Å². The Morgan fingerprint density at radius 1 is 0.379 bits per heavy atom. The van der Waals surface area contributed by atoms with Crippen LogP contribution >= 0.6 is 0 Å². The lowest BCUT2D eigenvalue weighted by atomic mass is 10.0. The van der Waals surface area contributed by atoms with Crippen molar-refractivity contribution in [2.75, 3.05) is 133 Å². The maximum absolute atomic E-state index is 14.0. The van der Waals surface area contributed by atoms with E-state index in [2.05, 4.69) is 238 Å². The van der Waals surface area contributed by atoms with Gasteiger partial charge in [0.2, 0.25) is 11.7 Å². The number of esters is 2. The predicted molar refractivity (Wildman–Crippen MR) is 577 cm³/mol. The summed E-state index contributed by atoms with van der Waals surface area (Å²) in [5, 5.41) is 21.9. The number of ether oxygens (including phenoxy) is 5. The van der Waals surface area contributed by atoms with Gasteiger partial charge in [0.1, 0.15) is 0 Å². The van der Waals surface area contributed by atoms with E-state index in [-0.39, 0.29) is 24.2 Å². The number of hydrogen-bond acceptors (Lipinski definition) is 17. The lowest BCUT2D eigenvalue weighted by Crippen LogP contribution is -2.42. The number of methoxy groups -OCH3 is 5. The van der Waals surface area contributed by atoms with Crippen molar-refractivity contribution in [2.24, 2.45) is 0 Å². The Balaban J connectivity index is 0.000000175. The van der Waals surface area contributed by atoms with E-state index in [9.17, 15) is 24.0 Å². The predicted octanol–water partition coefficient (Wildman–Crippen LogP) is 25.7. The Morgan fingerprint density at radius 3 is 1.09 bits per heavy atom. The molecule has 13 aromatic carbocycles. The van der Waals surface area contributed by atoms with Crippen LogP contribution in [0.1, 0.15) is 121 Å². The van der Waals surface area contributed by atoms with E-state index in [1.54, 1.807) is 33.5 Å². The van der Waals surface area contributed by atoms with Crippen molar-refractivity contribution in [3.8, 4) is 84.0 Å². The standard InChI is InChI=1S/C31H38N2O4.C21H26N2O.C21H28N2.C16H17NO2.C15H15NO2.C12H11N.C4H6O2/c1-23-12-8-9-17-32(23)18-11-19-33(27-16-10-15-25(20-27)24-13-6-5-7-14-24)31(34)26-21-28(35-2)30(37-4)29(22-26)36-3;1-17-8-5-6-15-23(17)21(24)13-14-22-20-12-7-11-19(16-20)18-9-3-2-4-10-18;1-18-9-5-6-15-23(18)16-8-14-22-21-13-7-12-20(17-21)19-10-3-2-4-11-19;1-19-16(18)10-11-17-15-9-5-8-14(12-15)13-6-3-2-4-7-13;17-15(18)9-10-16-14-8-4-7-13(11-14)12-5-2-1-3-6-12;13-12-8-4-7-11(9-12)10-5-2-1-3-6-10;1-3-4(5)6-2/h5-7,10,13-16,20-23H,8-9,11-12,17-19H2,1-4H3;2-4,7,9-12,16-17,22H,5-6,8,13-15H2,1H3;2-4,7,10-13,17-18,22H,5-6,8-9,14-16H2,1H3;2-9,12,17H,10-11H2,1H3;1-8,11,16H,9-10H2,(H,17,18);1-9H,13H2;3H,1H2,2H3. The molecule has 2 amide bonds. The van der Waals surface area contributed by atoms with Crippen LogP contribution in [0.5, 0.6) is 17.2 Å². The van der Waals surface area contributed by atoms with Crippen molar-refractivity contribution in [2.45, 2.75) is 129 Å². The molecule has 20 heteroatoms. The molecular formula is C120H141N9O11. The van der Waals surface area contributed by atoms with Gasteiger partial charge in [-0.2, -0.15) is 0 Å². The summed E-state index contributed by atoms with van der Waals surface area (Å²) in [6.07, 6.45) is 15.7. The van der Waals surface area contributed by atoms with Crippen LogP contribution < -0.4 is 46.1 Å². The lowest BCUT2D eigenvalue weighted by Gasteiger charge is -2.34. The van der Waals surface area contributed by atoms with Gasteiger partial charge in [-0.3, -0.25) is 19.2 Å². The molecule has 7 N–H and O–H groups in total. The van der Waals surface area contributed by atoms with Gasteiger partial charge in [0.05, 0.1) is 48.4 Å². The number of carbonyl (C=O) groups excluding carboxylic acids is 4. The molecule has 0 radical (unpaired) electrons. The highest BCUT2D eigenvalue weighted by atomic mass is 16.5. The number of aliphatic carboxylic acids is 1. The normalized spacial score (nSPS) is 14.1. The van der Waals surface area contributed by atoms with E-state index >= 15 is 0 Å². The summed E-state index contributed by atoms with van der Waals surface area (Å²) in [5.41, 5.74) is 26.2. The van der Waals surface area contributed by atoms with Gasteiger partial charge in [-0.25, -0.2) is 4.79 Å². The number of nitrogens with zero attached hydrogens (tertiary/aromatic N) is 4. The van der Waals surface area contributed by atoms with Gasteiger partial charge in [-0.1, -0.05) is 274 Å². The van der Waals surface area contributed by atoms with Crippen LogP contribution in [0.15, 0.2) is 352 Å². The van der Waals surface area contributed by atoms with E-state index in [0.29, 0.717) is 73.9 Å². The first-order valence-corrected chi connectivity index (χ1v) is 48.9. The maximum Gasteiger partial charge on any atom is 0.329 e. The number of nitrogens with two attached hydrogens (primary N) is 1. The smallest absolute Gasteiger partial charge is 0.329 e. The van der Waals surface area contributed by atoms with Crippen LogP contribution in [0, 0.1) is 0 Å². The van der Waals surface area contributed by atoms with Crippen LogP contribution in [0.3, 0.4) is 0 Å². The molecule has 13 aromatic rings. The van der Waals surface area contributed by atoms with E-state index in [1.807, 2.05) is 168 Å². The van der Waals surface area contributed by atoms with Crippen molar-refractivity contribution in [1.82, 2.24) is 14.7 Å². The number of likely N-dealkylation sites (tertiary alicyclic amines) is 3. The van der Waals surface area contributed by atoms with Crippen molar-refractivity contribution in [3.05, 3.63) is 358 Å². The van der Waals surface area contributed by atoms with Crippen LogP contribution in [0.25, 0.3) is 66.8 Å². The Labute approximate surface area is 830 Å². The minimum Gasteiger partial charge on any atom is -0.493 e. The highest BCUT2D eigenvalue weighted by Crippen LogP contribution is 2.40. The molecule has 16 rings (SSSR count). The van der Waals surface area contributed by atoms with E-state index in [4.69, 9.17) is 25.1 Å². The molecule has 20 nitrogen and oxygen atoms in total. The molecule has 0 bridgehead atoms. The molecule has 3 heterocycles. The van der Waals surface area contributed by atoms with E-state index in [0.717, 1.165) is 114 Å². The zero-order valence-corrected chi connectivity index (χ0v) is 82.7. The summed E-state index contributed by atoms with van der Waals surface area (Å²) in [6.45, 7) is 18.9. The zero-order valence-electron chi connectivity index (χ0n) is 82.7. The molecule has 3 aliphatic rings. The number of piperidine rings is 3. The first-order valence-electron chi connectivity index (χ1n) is 48.9. The monoisotopic (exact) mass is 1880 g/mol. The fourth-order valence-corrected chi connectivity index (χ4v) is 17.0. The second kappa shape index (κ2) is 60.1. The molecule has 140 heavy (non-hydrogen) atoms. The van der Waals surface area contributed by atoms with Crippen molar-refractivity contribution in [1.29, 1.82) is 0 Å². The number of carboxylic acid groups (broad SMARTS) is 1. The van der Waals surface area contributed by atoms with Gasteiger partial charge in [0.25, 0.3) is 5.91 Å². The number of hydrogen-bond donors (Lipinski definition) is 6. The lowest BCUT2D eigenvalue weighted by molar-refractivity contribution is -0.140. The van der Waals surface area contributed by atoms with Crippen LogP contribution in [0.2, 0.25) is 0 Å². The summed E-state index contributed by atoms with van der Waals surface area (Å²) >= 11 is 0. The second-order valence-corrected chi connectivity index (χ2v) is 34.6. The number of rotatable bonds is 33. The number of carbonyl (C=O) groups is 5. The highest BCUT2D eigenvalue weighted by molar-refractivity contribution is 6.07. The molecule has 3 fully saturated rings. The molecule has 732 valence electrons. The Hall–Kier alpha value is -14.7. The number of carboxylic acids is 1. The summed E-state index contributed by atoms with van der Waals surface area (Å²) in [6, 6.07) is 116. The molecular weight excluding hydrogens is 1740 g/mol. The molecule has 3 unspecified atom stereocenters. The zero-order chi connectivity index (χ0) is 99.3. The maximum atomic E-state index is 14.0. The Morgan fingerprint density at radius 2 is 0.729 bits per heavy atom. The van der Waals surface area contributed by atoms with E-state index < -0.39 is 11.9 Å². The molecule has 3 aliphatic heterocycles. The number of nitrogen functional groups attached to an aromatic ring is 1. The van der Waals surface area contributed by atoms with E-state index in [1.165, 1.54) is 123 Å². The number of nitrogens with one attached hydrogen (secondary N) is 4. The third-order valence-corrected chi connectivity index (χ3v) is 24.7. The second-order valence-electron chi connectivity index (χ2n) is 34.6. The highest BCUT2D eigenvalue weighted by Gasteiger charge is 2.27. The number of benzene rings is 13. The summed E-state index contributed by atoms with van der Waals surface area (Å²) in [7, 11) is 7.39. The minimum atomic E-state index is -0.790. The summed E-state index contributed by atoms with van der Waals surface area (Å²) in [5.74, 6) is 0.183. The summed E-state index contributed by atoms with van der Waals surface area (Å²) < 4.78 is 25.3.